The average Bonchev–Trinajstić information content (AvgIpc) is 3.12. The molecule has 0 aliphatic rings. The Morgan fingerprint density at radius 3 is 0.654 bits per heavy atom. The molecule has 0 atom stereocenters. The van der Waals surface area contributed by atoms with E-state index < -0.39 is 0 Å². The first-order valence-electron chi connectivity index (χ1n) is 23.7. The molecular formula is C48H94O4. The van der Waals surface area contributed by atoms with E-state index in [1.165, 1.54) is 205 Å². The van der Waals surface area contributed by atoms with Crippen LogP contribution in [-0.4, -0.2) is 25.2 Å². The molecule has 0 aliphatic heterocycles. The summed E-state index contributed by atoms with van der Waals surface area (Å²) in [5, 5.41) is 0. The van der Waals surface area contributed by atoms with Gasteiger partial charge in [-0.15, -0.1) is 0 Å². The van der Waals surface area contributed by atoms with Crippen molar-refractivity contribution < 1.29 is 19.1 Å². The molecule has 0 spiro atoms. The second-order valence-corrected chi connectivity index (χ2v) is 17.3. The number of unbranched alkanes of at least 4 members (excludes halogenated alkanes) is 32. The van der Waals surface area contributed by atoms with Gasteiger partial charge in [0.05, 0.1) is 26.1 Å². The Morgan fingerprint density at radius 1 is 0.288 bits per heavy atom. The molecule has 0 heterocycles. The Labute approximate surface area is 326 Å². The highest BCUT2D eigenvalue weighted by Crippen LogP contribution is 2.17. The standard InChI is InChI=1S/C48H94O4/c1-45(2)39-35-31-27-23-19-15-11-7-5-9-13-17-21-25-29-33-37-43-51-47(49)41-42-48(50)52-44-38-34-30-26-22-18-14-10-6-8-12-16-20-24-28-32-36-40-46(3)4/h45-46H,5-44H2,1-4H3. The summed E-state index contributed by atoms with van der Waals surface area (Å²) in [6, 6.07) is 0. The van der Waals surface area contributed by atoms with Gasteiger partial charge < -0.3 is 9.47 Å². The van der Waals surface area contributed by atoms with Crippen LogP contribution in [0.5, 0.6) is 0 Å². The Morgan fingerprint density at radius 2 is 0.462 bits per heavy atom. The van der Waals surface area contributed by atoms with Crippen LogP contribution in [0.3, 0.4) is 0 Å². The summed E-state index contributed by atoms with van der Waals surface area (Å²) in [5.74, 6) is 1.19. The van der Waals surface area contributed by atoms with Gasteiger partial charge in [0, 0.05) is 0 Å². The minimum atomic E-state index is -0.271. The monoisotopic (exact) mass is 735 g/mol. The normalized spacial score (nSPS) is 11.6. The molecule has 4 heteroatoms. The third kappa shape index (κ3) is 45.1. The summed E-state index contributed by atoms with van der Waals surface area (Å²) in [4.78, 5) is 24.0. The van der Waals surface area contributed by atoms with Gasteiger partial charge in [0.1, 0.15) is 0 Å². The third-order valence-corrected chi connectivity index (χ3v) is 10.9. The van der Waals surface area contributed by atoms with Crippen LogP contribution in [0.4, 0.5) is 0 Å². The van der Waals surface area contributed by atoms with E-state index in [-0.39, 0.29) is 24.8 Å². The van der Waals surface area contributed by atoms with Gasteiger partial charge in [0.25, 0.3) is 0 Å². The topological polar surface area (TPSA) is 52.6 Å². The van der Waals surface area contributed by atoms with E-state index in [1.807, 2.05) is 0 Å². The largest absolute Gasteiger partial charge is 0.466 e. The van der Waals surface area contributed by atoms with Crippen molar-refractivity contribution in [3.8, 4) is 0 Å². The molecule has 0 saturated carbocycles. The SMILES string of the molecule is CC(C)CCCCCCCCCCCCCCCCCCCOC(=O)CCC(=O)OCCCCCCCCCCCCCCCCCCCC(C)C. The minimum Gasteiger partial charge on any atom is -0.466 e. The maximum atomic E-state index is 12.0. The van der Waals surface area contributed by atoms with Crippen molar-refractivity contribution in [1.29, 1.82) is 0 Å². The van der Waals surface area contributed by atoms with Crippen molar-refractivity contribution in [2.24, 2.45) is 11.8 Å². The van der Waals surface area contributed by atoms with Crippen LogP contribution in [0, 0.1) is 11.8 Å². The van der Waals surface area contributed by atoms with Crippen molar-refractivity contribution in [2.45, 2.75) is 272 Å². The Hall–Kier alpha value is -1.06. The number of rotatable bonds is 43. The quantitative estimate of drug-likeness (QED) is 0.0462. The van der Waals surface area contributed by atoms with E-state index in [2.05, 4.69) is 27.7 Å². The Kier molecular flexibility index (Phi) is 41.8. The number of hydrogen-bond acceptors (Lipinski definition) is 4. The van der Waals surface area contributed by atoms with Gasteiger partial charge in [-0.1, -0.05) is 246 Å². The summed E-state index contributed by atoms with van der Waals surface area (Å²) in [7, 11) is 0. The van der Waals surface area contributed by atoms with Crippen LogP contribution in [0.1, 0.15) is 272 Å². The molecule has 310 valence electrons. The lowest BCUT2D eigenvalue weighted by Crippen LogP contribution is -2.11. The van der Waals surface area contributed by atoms with Crippen molar-refractivity contribution in [1.82, 2.24) is 0 Å². The lowest BCUT2D eigenvalue weighted by Gasteiger charge is -2.07. The molecule has 52 heavy (non-hydrogen) atoms. The van der Waals surface area contributed by atoms with Gasteiger partial charge in [-0.05, 0) is 24.7 Å². The maximum Gasteiger partial charge on any atom is 0.306 e. The fraction of sp³-hybridized carbons (Fsp3) is 0.958. The first-order chi connectivity index (χ1) is 25.4. The number of carbonyl (C=O) groups excluding carboxylic acids is 2. The molecule has 0 aromatic rings. The summed E-state index contributed by atoms with van der Waals surface area (Å²) < 4.78 is 10.7. The number of carbonyl (C=O) groups is 2. The molecule has 0 bridgehead atoms. The molecule has 0 N–H and O–H groups in total. The van der Waals surface area contributed by atoms with Gasteiger partial charge in [-0.25, -0.2) is 0 Å². The van der Waals surface area contributed by atoms with Crippen LogP contribution >= 0.6 is 0 Å². The van der Waals surface area contributed by atoms with E-state index in [4.69, 9.17) is 9.47 Å². The highest BCUT2D eigenvalue weighted by Gasteiger charge is 2.09. The predicted octanol–water partition coefficient (Wildman–Crippen LogP) is 16.2. The fourth-order valence-corrected chi connectivity index (χ4v) is 7.33. The van der Waals surface area contributed by atoms with E-state index in [0.717, 1.165) is 37.5 Å². The molecule has 0 rings (SSSR count). The van der Waals surface area contributed by atoms with E-state index in [0.29, 0.717) is 13.2 Å². The van der Waals surface area contributed by atoms with Crippen molar-refractivity contribution >= 4 is 11.9 Å². The third-order valence-electron chi connectivity index (χ3n) is 10.9. The van der Waals surface area contributed by atoms with Crippen LogP contribution in [-0.2, 0) is 19.1 Å². The van der Waals surface area contributed by atoms with E-state index in [9.17, 15) is 9.59 Å². The molecule has 0 radical (unpaired) electrons. The zero-order chi connectivity index (χ0) is 38.0. The molecule has 0 aromatic carbocycles. The number of hydrogen-bond donors (Lipinski definition) is 0. The van der Waals surface area contributed by atoms with Crippen LogP contribution in [0.25, 0.3) is 0 Å². The van der Waals surface area contributed by atoms with Gasteiger partial charge in [-0.2, -0.15) is 0 Å². The molecule has 0 aliphatic carbocycles. The highest BCUT2D eigenvalue weighted by molar-refractivity contribution is 5.77. The second kappa shape index (κ2) is 42.7. The summed E-state index contributed by atoms with van der Waals surface area (Å²) in [5.41, 5.74) is 0. The zero-order valence-corrected chi connectivity index (χ0v) is 36.1. The molecule has 0 aromatic heterocycles. The van der Waals surface area contributed by atoms with Crippen molar-refractivity contribution in [2.75, 3.05) is 13.2 Å². The van der Waals surface area contributed by atoms with Gasteiger partial charge in [-0.3, -0.25) is 9.59 Å². The van der Waals surface area contributed by atoms with Crippen LogP contribution in [0.15, 0.2) is 0 Å². The van der Waals surface area contributed by atoms with Crippen LogP contribution in [0.2, 0.25) is 0 Å². The number of ether oxygens (including phenoxy) is 2. The first kappa shape index (κ1) is 50.9. The molecule has 0 amide bonds. The molecule has 0 saturated heterocycles. The fourth-order valence-electron chi connectivity index (χ4n) is 7.33. The Bertz CT molecular complexity index is 657. The maximum absolute atomic E-state index is 12.0. The zero-order valence-electron chi connectivity index (χ0n) is 36.1. The summed E-state index contributed by atoms with van der Waals surface area (Å²) in [6.07, 6.45) is 48.9. The molecule has 0 fully saturated rings. The van der Waals surface area contributed by atoms with Gasteiger partial charge in [0.2, 0.25) is 0 Å². The van der Waals surface area contributed by atoms with Gasteiger partial charge >= 0.3 is 11.9 Å². The van der Waals surface area contributed by atoms with E-state index >= 15 is 0 Å². The lowest BCUT2D eigenvalue weighted by molar-refractivity contribution is -0.150. The molecule has 0 unspecified atom stereocenters. The van der Waals surface area contributed by atoms with Crippen molar-refractivity contribution in [3.05, 3.63) is 0 Å². The first-order valence-corrected chi connectivity index (χ1v) is 23.7. The highest BCUT2D eigenvalue weighted by atomic mass is 16.5. The second-order valence-electron chi connectivity index (χ2n) is 17.3. The summed E-state index contributed by atoms with van der Waals surface area (Å²) >= 11 is 0. The molecule has 4 nitrogen and oxygen atoms in total. The van der Waals surface area contributed by atoms with Crippen LogP contribution < -0.4 is 0 Å². The summed E-state index contributed by atoms with van der Waals surface area (Å²) in [6.45, 7) is 10.3. The minimum absolute atomic E-state index is 0.135. The Balaban J connectivity index is 3.25. The lowest BCUT2D eigenvalue weighted by atomic mass is 10.0. The predicted molar refractivity (Wildman–Crippen MR) is 227 cm³/mol. The van der Waals surface area contributed by atoms with Gasteiger partial charge in [0.15, 0.2) is 0 Å². The van der Waals surface area contributed by atoms with Crippen molar-refractivity contribution in [3.63, 3.8) is 0 Å². The average molecular weight is 735 g/mol. The molecular weight excluding hydrogens is 641 g/mol. The van der Waals surface area contributed by atoms with E-state index in [1.54, 1.807) is 0 Å². The smallest absolute Gasteiger partial charge is 0.306 e. The number of esters is 2.